The van der Waals surface area contributed by atoms with Crippen LogP contribution in [-0.4, -0.2) is 62.9 Å². The number of aryl methyl sites for hydroxylation is 1. The van der Waals surface area contributed by atoms with Crippen molar-refractivity contribution < 1.29 is 27.5 Å². The maximum Gasteiger partial charge on any atom is 0.232 e. The number of nitrogens with zero attached hydrogens (tertiary/aromatic N) is 2. The molecule has 0 bridgehead atoms. The van der Waals surface area contributed by atoms with Crippen LogP contribution in [0.5, 0.6) is 5.75 Å². The van der Waals surface area contributed by atoms with Gasteiger partial charge in [-0.1, -0.05) is 42.5 Å². The van der Waals surface area contributed by atoms with Gasteiger partial charge in [-0.25, -0.2) is 12.8 Å². The largest absolute Gasteiger partial charge is 0.508 e. The molecule has 0 amide bonds. The highest BCUT2D eigenvalue weighted by Crippen LogP contribution is 2.40. The Hall–Kier alpha value is -3.56. The summed E-state index contributed by atoms with van der Waals surface area (Å²) in [5.41, 5.74) is 2.67. The summed E-state index contributed by atoms with van der Waals surface area (Å²) in [6.07, 6.45) is 1.96. The highest BCUT2D eigenvalue weighted by Gasteiger charge is 2.42. The zero-order chi connectivity index (χ0) is 28.3. The molecule has 0 aliphatic carbocycles. The highest BCUT2D eigenvalue weighted by molar-refractivity contribution is 7.92. The molecule has 3 aromatic rings. The van der Waals surface area contributed by atoms with Gasteiger partial charge >= 0.3 is 0 Å². The second-order valence-corrected chi connectivity index (χ2v) is 12.1. The van der Waals surface area contributed by atoms with Crippen molar-refractivity contribution >= 4 is 27.8 Å². The maximum absolute atomic E-state index is 14.6. The zero-order valence-electron chi connectivity index (χ0n) is 22.2. The van der Waals surface area contributed by atoms with E-state index in [1.807, 2.05) is 24.0 Å². The van der Waals surface area contributed by atoms with Crippen molar-refractivity contribution in [3.8, 4) is 5.75 Å². The molecule has 7 nitrogen and oxygen atoms in total. The van der Waals surface area contributed by atoms with Crippen LogP contribution in [0.3, 0.4) is 0 Å². The molecule has 0 saturated carbocycles. The number of phenolic OH excluding ortho intramolecular Hbond substituents is 1. The number of para-hydroxylation sites is 1. The number of ketones is 1. The first kappa shape index (κ1) is 28.4. The first-order valence-electron chi connectivity index (χ1n) is 12.8. The van der Waals surface area contributed by atoms with E-state index >= 15 is 0 Å². The number of carbonyl (C=O) groups is 2. The zero-order valence-corrected chi connectivity index (χ0v) is 23.1. The molecule has 1 aliphatic rings. The molecule has 206 valence electrons. The van der Waals surface area contributed by atoms with E-state index < -0.39 is 33.6 Å². The minimum Gasteiger partial charge on any atom is -0.508 e. The molecule has 9 heteroatoms. The molecule has 3 aromatic carbocycles. The lowest BCUT2D eigenvalue weighted by Gasteiger charge is -2.42. The Morgan fingerprint density at radius 1 is 1.08 bits per heavy atom. The summed E-state index contributed by atoms with van der Waals surface area (Å²) in [7, 11) is -3.60. The minimum absolute atomic E-state index is 0.0547. The first-order chi connectivity index (χ1) is 18.5. The van der Waals surface area contributed by atoms with E-state index in [1.165, 1.54) is 22.5 Å². The second kappa shape index (κ2) is 11.7. The number of rotatable bonds is 9. The molecule has 0 radical (unpaired) electrons. The van der Waals surface area contributed by atoms with Crippen molar-refractivity contribution in [1.29, 1.82) is 0 Å². The van der Waals surface area contributed by atoms with E-state index in [0.29, 0.717) is 28.9 Å². The number of halogens is 1. The van der Waals surface area contributed by atoms with Gasteiger partial charge < -0.3 is 14.8 Å². The van der Waals surface area contributed by atoms with Crippen molar-refractivity contribution in [2.75, 3.05) is 36.7 Å². The van der Waals surface area contributed by atoms with E-state index in [0.717, 1.165) is 18.1 Å². The van der Waals surface area contributed by atoms with Crippen molar-refractivity contribution in [3.63, 3.8) is 0 Å². The number of hydrogen-bond acceptors (Lipinski definition) is 6. The van der Waals surface area contributed by atoms with Crippen LogP contribution in [0.2, 0.25) is 0 Å². The predicted molar refractivity (Wildman–Crippen MR) is 149 cm³/mol. The number of piperidine rings is 1. The Morgan fingerprint density at radius 3 is 2.46 bits per heavy atom. The van der Waals surface area contributed by atoms with Crippen LogP contribution in [0.1, 0.15) is 33.0 Å². The molecular formula is C30H33FN2O5S. The molecule has 0 aromatic heterocycles. The van der Waals surface area contributed by atoms with Crippen LogP contribution in [-0.2, 0) is 14.8 Å². The summed E-state index contributed by atoms with van der Waals surface area (Å²) in [6, 6.07) is 17.9. The van der Waals surface area contributed by atoms with Gasteiger partial charge in [0.25, 0.3) is 0 Å². The lowest BCUT2D eigenvalue weighted by atomic mass is 9.70. The van der Waals surface area contributed by atoms with Crippen molar-refractivity contribution in [3.05, 3.63) is 94.8 Å². The van der Waals surface area contributed by atoms with Gasteiger partial charge in [-0.15, -0.1) is 0 Å². The fraction of sp³-hybridized carbons (Fsp3) is 0.333. The quantitative estimate of drug-likeness (QED) is 0.314. The summed E-state index contributed by atoms with van der Waals surface area (Å²) in [5, 5.41) is 10.00. The number of hydrogen-bond donors (Lipinski definition) is 1. The Balaban J connectivity index is 1.69. The topological polar surface area (TPSA) is 95.0 Å². The normalized spacial score (nSPS) is 19.9. The molecule has 1 N–H and O–H groups in total. The third-order valence-corrected chi connectivity index (χ3v) is 8.71. The standard InChI is InChI=1S/C30H33FN2O5S/c1-20-8-4-5-13-28(20)33(39(3,37)38)15-14-32-17-23(19-34)29(25-11-7-12-27(31)21(25)2)26(18-32)30(36)22-9-6-10-24(35)16-22/h4-13,16,19,23,26,29,35H,14-15,17-18H2,1-3H3/t23-,26+,29+/m1/s1. The first-order valence-corrected chi connectivity index (χ1v) is 14.6. The molecule has 4 rings (SSSR count). The van der Waals surface area contributed by atoms with Crippen LogP contribution < -0.4 is 4.31 Å². The molecule has 39 heavy (non-hydrogen) atoms. The van der Waals surface area contributed by atoms with Gasteiger partial charge in [-0.05, 0) is 54.8 Å². The summed E-state index contributed by atoms with van der Waals surface area (Å²) in [6.45, 7) is 4.42. The molecule has 1 fully saturated rings. The Morgan fingerprint density at radius 2 is 1.79 bits per heavy atom. The second-order valence-electron chi connectivity index (χ2n) is 10.2. The average molecular weight is 553 g/mol. The summed E-state index contributed by atoms with van der Waals surface area (Å²) in [5.74, 6) is -2.66. The van der Waals surface area contributed by atoms with Gasteiger partial charge in [-0.2, -0.15) is 0 Å². The number of benzene rings is 3. The third kappa shape index (κ3) is 6.20. The van der Waals surface area contributed by atoms with Crippen LogP contribution >= 0.6 is 0 Å². The summed E-state index contributed by atoms with van der Waals surface area (Å²) in [4.78, 5) is 28.2. The van der Waals surface area contributed by atoms with E-state index in [2.05, 4.69) is 0 Å². The number of phenols is 1. The summed E-state index contributed by atoms with van der Waals surface area (Å²) >= 11 is 0. The molecule has 0 spiro atoms. The van der Waals surface area contributed by atoms with E-state index in [4.69, 9.17) is 0 Å². The Kier molecular flexibility index (Phi) is 8.51. The van der Waals surface area contributed by atoms with Gasteiger partial charge in [0.2, 0.25) is 10.0 Å². The van der Waals surface area contributed by atoms with Gasteiger partial charge in [0, 0.05) is 49.5 Å². The molecule has 1 aliphatic heterocycles. The lowest BCUT2D eigenvalue weighted by Crippen LogP contribution is -2.51. The van der Waals surface area contributed by atoms with Gasteiger partial charge in [0.05, 0.1) is 11.9 Å². The SMILES string of the molecule is Cc1ccccc1N(CCN1C[C@H](C(=O)c2cccc(O)c2)[C@H](c2cccc(F)c2C)[C@@H](C=O)C1)S(C)(=O)=O. The maximum atomic E-state index is 14.6. The van der Waals surface area contributed by atoms with E-state index in [-0.39, 0.29) is 31.2 Å². The van der Waals surface area contributed by atoms with Crippen molar-refractivity contribution in [2.24, 2.45) is 11.8 Å². The Bertz CT molecular complexity index is 1480. The smallest absolute Gasteiger partial charge is 0.232 e. The van der Waals surface area contributed by atoms with Crippen molar-refractivity contribution in [2.45, 2.75) is 19.8 Å². The third-order valence-electron chi connectivity index (χ3n) is 7.53. The van der Waals surface area contributed by atoms with Crippen LogP contribution in [0.15, 0.2) is 66.7 Å². The van der Waals surface area contributed by atoms with E-state index in [1.54, 1.807) is 43.3 Å². The monoisotopic (exact) mass is 552 g/mol. The van der Waals surface area contributed by atoms with Gasteiger partial charge in [0.1, 0.15) is 17.9 Å². The highest BCUT2D eigenvalue weighted by atomic mass is 32.2. The van der Waals surface area contributed by atoms with Gasteiger partial charge in [0.15, 0.2) is 5.78 Å². The Labute approximate surface area is 228 Å². The summed E-state index contributed by atoms with van der Waals surface area (Å²) < 4.78 is 41.3. The average Bonchev–Trinajstić information content (AvgIpc) is 2.90. The predicted octanol–water partition coefficient (Wildman–Crippen LogP) is 4.33. The molecule has 1 saturated heterocycles. The van der Waals surface area contributed by atoms with Crippen LogP contribution in [0.25, 0.3) is 0 Å². The number of sulfonamides is 1. The lowest BCUT2D eigenvalue weighted by molar-refractivity contribution is -0.113. The van der Waals surface area contributed by atoms with E-state index in [9.17, 15) is 27.5 Å². The van der Waals surface area contributed by atoms with Crippen molar-refractivity contribution in [1.82, 2.24) is 4.90 Å². The number of aldehydes is 1. The number of aromatic hydroxyl groups is 1. The number of anilines is 1. The van der Waals surface area contributed by atoms with Crippen LogP contribution in [0, 0.1) is 31.5 Å². The molecule has 1 heterocycles. The van der Waals surface area contributed by atoms with Gasteiger partial charge in [-0.3, -0.25) is 9.10 Å². The number of likely N-dealkylation sites (tertiary alicyclic amines) is 1. The molecule has 0 unspecified atom stereocenters. The number of Topliss-reactive ketones (excluding diaryl/α,β-unsaturated/α-hetero) is 1. The molecule has 3 atom stereocenters. The fourth-order valence-electron chi connectivity index (χ4n) is 5.58. The number of carbonyl (C=O) groups excluding carboxylic acids is 2. The fourth-order valence-corrected chi connectivity index (χ4v) is 6.55. The molecular weight excluding hydrogens is 519 g/mol. The van der Waals surface area contributed by atoms with Crippen LogP contribution in [0.4, 0.5) is 10.1 Å². The minimum atomic E-state index is -3.60.